The van der Waals surface area contributed by atoms with Crippen molar-refractivity contribution in [2.24, 2.45) is 0 Å². The second-order valence-electron chi connectivity index (χ2n) is 7.97. The number of Topliss-reactive ketones (excluding diaryl/α,β-unsaturated/α-hetero) is 1. The normalized spacial score (nSPS) is 14.7. The molecule has 7 heteroatoms. The number of nitrogens with one attached hydrogen (secondary N) is 1. The predicted octanol–water partition coefficient (Wildman–Crippen LogP) is 3.98. The lowest BCUT2D eigenvalue weighted by Crippen LogP contribution is -2.44. The van der Waals surface area contributed by atoms with Crippen molar-refractivity contribution in [3.63, 3.8) is 0 Å². The largest absolute Gasteiger partial charge is 0.494 e. The number of ether oxygens (including phenoxy) is 2. The number of benzene rings is 2. The smallest absolute Gasteiger partial charge is 0.220 e. The number of amides is 1. The molecule has 0 bridgehead atoms. The third-order valence-electron chi connectivity index (χ3n) is 5.64. The Morgan fingerprint density at radius 3 is 2.44 bits per heavy atom. The zero-order chi connectivity index (χ0) is 22.9. The second-order valence-corrected chi connectivity index (χ2v) is 7.97. The first-order valence-corrected chi connectivity index (χ1v) is 11.1. The molecule has 2 aromatic rings. The summed E-state index contributed by atoms with van der Waals surface area (Å²) in [5.41, 5.74) is 1.49. The van der Waals surface area contributed by atoms with E-state index in [-0.39, 0.29) is 42.1 Å². The summed E-state index contributed by atoms with van der Waals surface area (Å²) < 4.78 is 24.2. The average molecular weight is 443 g/mol. The van der Waals surface area contributed by atoms with Gasteiger partial charge in [0.2, 0.25) is 5.91 Å². The Bertz CT molecular complexity index is 909. The van der Waals surface area contributed by atoms with E-state index in [0.717, 1.165) is 37.2 Å². The molecule has 0 spiro atoms. The molecule has 172 valence electrons. The van der Waals surface area contributed by atoms with Crippen LogP contribution in [0.15, 0.2) is 42.5 Å². The van der Waals surface area contributed by atoms with Gasteiger partial charge in [0.1, 0.15) is 5.75 Å². The SMILES string of the molecule is CCOc1ccc(C(=O)CCC(=O)NC2CCN(Cc3ccc(OC)c(F)c3)CC2)cc1. The summed E-state index contributed by atoms with van der Waals surface area (Å²) in [6, 6.07) is 12.1. The number of carbonyl (C=O) groups is 2. The molecule has 6 nitrogen and oxygen atoms in total. The van der Waals surface area contributed by atoms with Gasteiger partial charge in [-0.2, -0.15) is 0 Å². The van der Waals surface area contributed by atoms with Gasteiger partial charge in [-0.3, -0.25) is 14.5 Å². The number of rotatable bonds is 10. The molecule has 0 aromatic heterocycles. The van der Waals surface area contributed by atoms with Crippen molar-refractivity contribution in [1.82, 2.24) is 10.2 Å². The van der Waals surface area contributed by atoms with Crippen molar-refractivity contribution in [3.05, 3.63) is 59.4 Å². The summed E-state index contributed by atoms with van der Waals surface area (Å²) in [4.78, 5) is 26.9. The molecule has 0 aliphatic carbocycles. The number of ketones is 1. The van der Waals surface area contributed by atoms with Gasteiger partial charge in [-0.25, -0.2) is 4.39 Å². The van der Waals surface area contributed by atoms with Gasteiger partial charge in [-0.15, -0.1) is 0 Å². The Balaban J connectivity index is 1.37. The summed E-state index contributed by atoms with van der Waals surface area (Å²) >= 11 is 0. The number of carbonyl (C=O) groups excluding carboxylic acids is 2. The van der Waals surface area contributed by atoms with Crippen LogP contribution in [0.1, 0.15) is 48.5 Å². The van der Waals surface area contributed by atoms with Crippen molar-refractivity contribution >= 4 is 11.7 Å². The van der Waals surface area contributed by atoms with E-state index < -0.39 is 0 Å². The van der Waals surface area contributed by atoms with Crippen LogP contribution in [0, 0.1) is 5.82 Å². The summed E-state index contributed by atoms with van der Waals surface area (Å²) in [7, 11) is 1.45. The number of nitrogens with zero attached hydrogens (tertiary/aromatic N) is 1. The standard InChI is InChI=1S/C25H31FN2O4/c1-3-32-21-7-5-19(6-8-21)23(29)9-11-25(30)27-20-12-14-28(15-13-20)17-18-4-10-24(31-2)22(26)16-18/h4-8,10,16,20H,3,9,11-15,17H2,1-2H3,(H,27,30). The van der Waals surface area contributed by atoms with Crippen LogP contribution in [-0.4, -0.2) is 49.4 Å². The van der Waals surface area contributed by atoms with Crippen LogP contribution in [0.3, 0.4) is 0 Å². The molecule has 1 saturated heterocycles. The van der Waals surface area contributed by atoms with Crippen LogP contribution in [0.25, 0.3) is 0 Å². The van der Waals surface area contributed by atoms with Gasteiger partial charge in [0.05, 0.1) is 13.7 Å². The second kappa shape index (κ2) is 11.6. The molecular formula is C25H31FN2O4. The van der Waals surface area contributed by atoms with Crippen LogP contribution in [0.2, 0.25) is 0 Å². The van der Waals surface area contributed by atoms with Gasteiger partial charge in [-0.05, 0) is 61.7 Å². The lowest BCUT2D eigenvalue weighted by molar-refractivity contribution is -0.122. The lowest BCUT2D eigenvalue weighted by Gasteiger charge is -2.32. The van der Waals surface area contributed by atoms with Crippen LogP contribution < -0.4 is 14.8 Å². The van der Waals surface area contributed by atoms with Gasteiger partial charge in [0.25, 0.3) is 0 Å². The molecule has 0 unspecified atom stereocenters. The lowest BCUT2D eigenvalue weighted by atomic mass is 10.0. The number of hydrogen-bond donors (Lipinski definition) is 1. The molecule has 0 atom stereocenters. The van der Waals surface area contributed by atoms with Gasteiger partial charge in [0.15, 0.2) is 17.3 Å². The van der Waals surface area contributed by atoms with Gasteiger partial charge >= 0.3 is 0 Å². The van der Waals surface area contributed by atoms with E-state index in [9.17, 15) is 14.0 Å². The van der Waals surface area contributed by atoms with Crippen molar-refractivity contribution in [1.29, 1.82) is 0 Å². The minimum atomic E-state index is -0.355. The number of methoxy groups -OCH3 is 1. The first-order valence-electron chi connectivity index (χ1n) is 11.1. The molecule has 0 saturated carbocycles. The zero-order valence-corrected chi connectivity index (χ0v) is 18.7. The summed E-state index contributed by atoms with van der Waals surface area (Å²) in [5.74, 6) is 0.470. The molecular weight excluding hydrogens is 411 g/mol. The molecule has 1 aliphatic rings. The van der Waals surface area contributed by atoms with Gasteiger partial charge in [-0.1, -0.05) is 6.07 Å². The Labute approximate surface area is 188 Å². The average Bonchev–Trinajstić information content (AvgIpc) is 2.80. The molecule has 2 aromatic carbocycles. The highest BCUT2D eigenvalue weighted by atomic mass is 19.1. The number of halogens is 1. The van der Waals surface area contributed by atoms with E-state index in [4.69, 9.17) is 9.47 Å². The Morgan fingerprint density at radius 2 is 1.81 bits per heavy atom. The maximum Gasteiger partial charge on any atom is 0.220 e. The fourth-order valence-corrected chi connectivity index (χ4v) is 3.88. The fraction of sp³-hybridized carbons (Fsp3) is 0.440. The highest BCUT2D eigenvalue weighted by molar-refractivity contribution is 5.98. The highest BCUT2D eigenvalue weighted by Crippen LogP contribution is 2.20. The monoisotopic (exact) mass is 442 g/mol. The van der Waals surface area contributed by atoms with E-state index >= 15 is 0 Å². The molecule has 32 heavy (non-hydrogen) atoms. The van der Waals surface area contributed by atoms with E-state index in [0.29, 0.717) is 18.7 Å². The third kappa shape index (κ3) is 6.79. The highest BCUT2D eigenvalue weighted by Gasteiger charge is 2.21. The quantitative estimate of drug-likeness (QED) is 0.564. The van der Waals surface area contributed by atoms with Crippen LogP contribution >= 0.6 is 0 Å². The van der Waals surface area contributed by atoms with Crippen LogP contribution in [-0.2, 0) is 11.3 Å². The topological polar surface area (TPSA) is 67.9 Å². The number of piperidine rings is 1. The van der Waals surface area contributed by atoms with E-state index in [1.165, 1.54) is 13.2 Å². The minimum Gasteiger partial charge on any atom is -0.494 e. The van der Waals surface area contributed by atoms with Crippen molar-refractivity contribution in [2.45, 2.75) is 45.2 Å². The van der Waals surface area contributed by atoms with E-state index in [1.54, 1.807) is 30.3 Å². The van der Waals surface area contributed by atoms with E-state index in [2.05, 4.69) is 10.2 Å². The maximum absolute atomic E-state index is 13.9. The first-order chi connectivity index (χ1) is 15.5. The molecule has 1 amide bonds. The Hall–Kier alpha value is -2.93. The van der Waals surface area contributed by atoms with Crippen LogP contribution in [0.4, 0.5) is 4.39 Å². The predicted molar refractivity (Wildman–Crippen MR) is 121 cm³/mol. The molecule has 1 N–H and O–H groups in total. The van der Waals surface area contributed by atoms with E-state index in [1.807, 2.05) is 13.0 Å². The summed E-state index contributed by atoms with van der Waals surface area (Å²) in [6.45, 7) is 4.79. The van der Waals surface area contributed by atoms with Crippen LogP contribution in [0.5, 0.6) is 11.5 Å². The summed E-state index contributed by atoms with van der Waals surface area (Å²) in [5, 5.41) is 3.05. The van der Waals surface area contributed by atoms with Crippen molar-refractivity contribution in [3.8, 4) is 11.5 Å². The maximum atomic E-state index is 13.9. The van der Waals surface area contributed by atoms with Gasteiger partial charge < -0.3 is 14.8 Å². The molecule has 1 fully saturated rings. The molecule has 1 aliphatic heterocycles. The third-order valence-corrected chi connectivity index (χ3v) is 5.64. The number of hydrogen-bond acceptors (Lipinski definition) is 5. The molecule has 3 rings (SSSR count). The van der Waals surface area contributed by atoms with Crippen molar-refractivity contribution in [2.75, 3.05) is 26.8 Å². The Morgan fingerprint density at radius 1 is 1.09 bits per heavy atom. The fourth-order valence-electron chi connectivity index (χ4n) is 3.88. The molecule has 1 heterocycles. The number of likely N-dealkylation sites (tertiary alicyclic amines) is 1. The first kappa shape index (κ1) is 23.7. The Kier molecular flexibility index (Phi) is 8.62. The van der Waals surface area contributed by atoms with Gasteiger partial charge in [0, 0.05) is 44.1 Å². The zero-order valence-electron chi connectivity index (χ0n) is 18.7. The summed E-state index contributed by atoms with van der Waals surface area (Å²) in [6.07, 6.45) is 2.02. The van der Waals surface area contributed by atoms with Crippen molar-refractivity contribution < 1.29 is 23.5 Å². The minimum absolute atomic E-state index is 0.0512. The molecule has 0 radical (unpaired) electrons.